The highest BCUT2D eigenvalue weighted by atomic mass is 19.4. The number of benzene rings is 2. The van der Waals surface area contributed by atoms with Crippen LogP contribution in [0.2, 0.25) is 0 Å². The second kappa shape index (κ2) is 9.69. The molecule has 35 heavy (non-hydrogen) atoms. The zero-order valence-corrected chi connectivity index (χ0v) is 19.2. The van der Waals surface area contributed by atoms with Crippen LogP contribution in [0.15, 0.2) is 42.5 Å². The number of nitrogen functional groups attached to an aromatic ring is 1. The Labute approximate surface area is 199 Å². The number of rotatable bonds is 5. The van der Waals surface area contributed by atoms with Crippen molar-refractivity contribution in [2.24, 2.45) is 0 Å². The molecule has 8 nitrogen and oxygen atoms in total. The van der Waals surface area contributed by atoms with E-state index in [1.807, 2.05) is 4.90 Å². The molecule has 1 fully saturated rings. The molecule has 1 aliphatic heterocycles. The van der Waals surface area contributed by atoms with Crippen LogP contribution in [0.3, 0.4) is 0 Å². The third-order valence-electron chi connectivity index (χ3n) is 5.73. The van der Waals surface area contributed by atoms with Gasteiger partial charge in [-0.05, 0) is 29.8 Å². The van der Waals surface area contributed by atoms with Crippen LogP contribution in [0.5, 0.6) is 11.5 Å². The zero-order valence-electron chi connectivity index (χ0n) is 19.2. The summed E-state index contributed by atoms with van der Waals surface area (Å²) in [5.41, 5.74) is 6.32. The SMILES string of the molecule is COc1cc2nc(N3CCN(C(=O)C=Cc4cccc(C(F)(F)F)c4)CC3)nc(N)c2cc1OC. The van der Waals surface area contributed by atoms with Crippen LogP contribution >= 0.6 is 0 Å². The van der Waals surface area contributed by atoms with E-state index in [2.05, 4.69) is 9.97 Å². The number of amides is 1. The second-order valence-electron chi connectivity index (χ2n) is 7.90. The smallest absolute Gasteiger partial charge is 0.416 e. The van der Waals surface area contributed by atoms with Gasteiger partial charge in [-0.25, -0.2) is 4.98 Å². The van der Waals surface area contributed by atoms with Gasteiger partial charge in [-0.2, -0.15) is 18.2 Å². The summed E-state index contributed by atoms with van der Waals surface area (Å²) in [4.78, 5) is 25.1. The lowest BCUT2D eigenvalue weighted by Gasteiger charge is -2.34. The normalized spacial score (nSPS) is 14.5. The molecule has 2 aromatic carbocycles. The van der Waals surface area contributed by atoms with E-state index in [0.717, 1.165) is 12.1 Å². The van der Waals surface area contributed by atoms with Gasteiger partial charge < -0.3 is 25.0 Å². The van der Waals surface area contributed by atoms with Gasteiger partial charge in [0, 0.05) is 43.7 Å². The van der Waals surface area contributed by atoms with E-state index in [4.69, 9.17) is 15.2 Å². The third kappa shape index (κ3) is 5.23. The Morgan fingerprint density at radius 2 is 1.71 bits per heavy atom. The van der Waals surface area contributed by atoms with Crippen LogP contribution in [0, 0.1) is 0 Å². The molecular formula is C24H24F3N5O3. The molecule has 1 aromatic heterocycles. The summed E-state index contributed by atoms with van der Waals surface area (Å²) in [5, 5.41) is 0.639. The minimum Gasteiger partial charge on any atom is -0.493 e. The minimum atomic E-state index is -4.43. The standard InChI is InChI=1S/C24H24F3N5O3/c1-34-19-13-17-18(14-20(19)35-2)29-23(30-22(17)28)32-10-8-31(9-11-32)21(33)7-6-15-4-3-5-16(12-15)24(25,26)27/h3-7,12-14H,8-11H2,1-2H3,(H2,28,29,30). The van der Waals surface area contributed by atoms with Gasteiger partial charge in [0.25, 0.3) is 0 Å². The van der Waals surface area contributed by atoms with Crippen LogP contribution in [0.25, 0.3) is 17.0 Å². The van der Waals surface area contributed by atoms with Crippen LogP contribution in [-0.2, 0) is 11.0 Å². The van der Waals surface area contributed by atoms with Crippen LogP contribution in [0.4, 0.5) is 24.9 Å². The van der Waals surface area contributed by atoms with E-state index in [1.54, 1.807) is 17.0 Å². The Morgan fingerprint density at radius 3 is 2.37 bits per heavy atom. The number of piperazine rings is 1. The van der Waals surface area contributed by atoms with Crippen LogP contribution in [-0.4, -0.2) is 61.2 Å². The molecule has 2 heterocycles. The van der Waals surface area contributed by atoms with Gasteiger partial charge in [0.1, 0.15) is 5.82 Å². The van der Waals surface area contributed by atoms with Gasteiger partial charge in [0.2, 0.25) is 11.9 Å². The first kappa shape index (κ1) is 24.1. The largest absolute Gasteiger partial charge is 0.493 e. The number of methoxy groups -OCH3 is 2. The molecule has 1 amide bonds. The van der Waals surface area contributed by atoms with Gasteiger partial charge >= 0.3 is 6.18 Å². The van der Waals surface area contributed by atoms with Gasteiger partial charge in [0.05, 0.1) is 25.3 Å². The van der Waals surface area contributed by atoms with Crippen molar-refractivity contribution in [3.05, 3.63) is 53.6 Å². The molecule has 0 spiro atoms. The number of nitrogens with two attached hydrogens (primary N) is 1. The average Bonchev–Trinajstić information content (AvgIpc) is 2.86. The number of fused-ring (bicyclic) bond motifs is 1. The number of ether oxygens (including phenoxy) is 2. The molecule has 4 rings (SSSR count). The van der Waals surface area contributed by atoms with Crippen molar-refractivity contribution < 1.29 is 27.4 Å². The van der Waals surface area contributed by atoms with Gasteiger partial charge in [0.15, 0.2) is 11.5 Å². The Kier molecular flexibility index (Phi) is 6.68. The minimum absolute atomic E-state index is 0.280. The quantitative estimate of drug-likeness (QED) is 0.550. The fourth-order valence-electron chi connectivity index (χ4n) is 3.83. The van der Waals surface area contributed by atoms with E-state index in [9.17, 15) is 18.0 Å². The lowest BCUT2D eigenvalue weighted by Crippen LogP contribution is -2.48. The topological polar surface area (TPSA) is 93.8 Å². The molecular weight excluding hydrogens is 463 g/mol. The van der Waals surface area contributed by atoms with E-state index in [-0.39, 0.29) is 5.91 Å². The maximum absolute atomic E-state index is 12.9. The Morgan fingerprint density at radius 1 is 1.03 bits per heavy atom. The highest BCUT2D eigenvalue weighted by molar-refractivity contribution is 5.93. The average molecular weight is 487 g/mol. The molecule has 0 aliphatic carbocycles. The van der Waals surface area contributed by atoms with E-state index < -0.39 is 11.7 Å². The first-order chi connectivity index (χ1) is 16.7. The van der Waals surface area contributed by atoms with Gasteiger partial charge in [-0.15, -0.1) is 0 Å². The molecule has 0 radical (unpaired) electrons. The van der Waals surface area contributed by atoms with Crippen molar-refractivity contribution in [2.45, 2.75) is 6.18 Å². The summed E-state index contributed by atoms with van der Waals surface area (Å²) in [6.45, 7) is 1.75. The number of nitrogens with zero attached hydrogens (tertiary/aromatic N) is 4. The molecule has 11 heteroatoms. The number of carbonyl (C=O) groups excluding carboxylic acids is 1. The van der Waals surface area contributed by atoms with Crippen molar-refractivity contribution in [1.82, 2.24) is 14.9 Å². The van der Waals surface area contributed by atoms with E-state index >= 15 is 0 Å². The predicted octanol–water partition coefficient (Wildman–Crippen LogP) is 3.61. The number of anilines is 2. The van der Waals surface area contributed by atoms with Gasteiger partial charge in [-0.1, -0.05) is 12.1 Å². The molecule has 0 saturated carbocycles. The highest BCUT2D eigenvalue weighted by Crippen LogP contribution is 2.34. The number of alkyl halides is 3. The monoisotopic (exact) mass is 487 g/mol. The molecule has 184 valence electrons. The summed E-state index contributed by atoms with van der Waals surface area (Å²) < 4.78 is 49.3. The lowest BCUT2D eigenvalue weighted by molar-refractivity contribution is -0.137. The fourth-order valence-corrected chi connectivity index (χ4v) is 3.83. The van der Waals surface area contributed by atoms with Crippen molar-refractivity contribution in [3.63, 3.8) is 0 Å². The lowest BCUT2D eigenvalue weighted by atomic mass is 10.1. The van der Waals surface area contributed by atoms with Crippen molar-refractivity contribution in [1.29, 1.82) is 0 Å². The number of carbonyl (C=O) groups is 1. The van der Waals surface area contributed by atoms with Crippen molar-refractivity contribution in [2.75, 3.05) is 51.0 Å². The summed E-state index contributed by atoms with van der Waals surface area (Å²) in [7, 11) is 3.07. The first-order valence-corrected chi connectivity index (χ1v) is 10.8. The maximum atomic E-state index is 12.9. The highest BCUT2D eigenvalue weighted by Gasteiger charge is 2.30. The van der Waals surface area contributed by atoms with Crippen molar-refractivity contribution in [3.8, 4) is 11.5 Å². The molecule has 0 atom stereocenters. The summed E-state index contributed by atoms with van der Waals surface area (Å²) in [5.74, 6) is 1.50. The van der Waals surface area contributed by atoms with Crippen LogP contribution < -0.4 is 20.1 Å². The second-order valence-corrected chi connectivity index (χ2v) is 7.90. The number of halogens is 3. The van der Waals surface area contributed by atoms with Crippen LogP contribution in [0.1, 0.15) is 11.1 Å². The van der Waals surface area contributed by atoms with Gasteiger partial charge in [-0.3, -0.25) is 4.79 Å². The molecule has 0 unspecified atom stereocenters. The Bertz CT molecular complexity index is 1270. The maximum Gasteiger partial charge on any atom is 0.416 e. The third-order valence-corrected chi connectivity index (χ3v) is 5.73. The molecule has 3 aromatic rings. The molecule has 1 saturated heterocycles. The Hall–Kier alpha value is -4.02. The molecule has 0 bridgehead atoms. The van der Waals surface area contributed by atoms with E-state index in [0.29, 0.717) is 65.9 Å². The summed E-state index contributed by atoms with van der Waals surface area (Å²) in [6.07, 6.45) is -1.76. The van der Waals surface area contributed by atoms with E-state index in [1.165, 1.54) is 38.5 Å². The molecule has 2 N–H and O–H groups in total. The number of hydrogen-bond donors (Lipinski definition) is 1. The summed E-state index contributed by atoms with van der Waals surface area (Å²) in [6, 6.07) is 8.28. The zero-order chi connectivity index (χ0) is 25.2. The first-order valence-electron chi connectivity index (χ1n) is 10.8. The predicted molar refractivity (Wildman–Crippen MR) is 126 cm³/mol. The number of hydrogen-bond acceptors (Lipinski definition) is 7. The number of aromatic nitrogens is 2. The summed E-state index contributed by atoms with van der Waals surface area (Å²) >= 11 is 0. The fraction of sp³-hybridized carbons (Fsp3) is 0.292. The van der Waals surface area contributed by atoms with Crippen molar-refractivity contribution >= 4 is 34.7 Å². The molecule has 1 aliphatic rings. The Balaban J connectivity index is 1.44.